The van der Waals surface area contributed by atoms with Crippen LogP contribution in [0.1, 0.15) is 31.4 Å². The van der Waals surface area contributed by atoms with Crippen molar-refractivity contribution in [1.29, 1.82) is 0 Å². The Labute approximate surface area is 128 Å². The van der Waals surface area contributed by atoms with Crippen LogP contribution < -0.4 is 4.72 Å². The molecule has 0 aliphatic rings. The number of aliphatic hydroxyl groups is 1. The molecule has 2 N–H and O–H groups in total. The number of benzene rings is 1. The van der Waals surface area contributed by atoms with E-state index in [2.05, 4.69) is 23.5 Å². The summed E-state index contributed by atoms with van der Waals surface area (Å²) in [4.78, 5) is 2.18. The summed E-state index contributed by atoms with van der Waals surface area (Å²) in [5.41, 5.74) is 1.50. The molecule has 6 heteroatoms. The molecule has 0 radical (unpaired) electrons. The Morgan fingerprint density at radius 2 is 1.76 bits per heavy atom. The quantitative estimate of drug-likeness (QED) is 0.675. The number of aliphatic hydroxyl groups excluding tert-OH is 1. The van der Waals surface area contributed by atoms with Gasteiger partial charge in [-0.15, -0.1) is 0 Å². The van der Waals surface area contributed by atoms with Gasteiger partial charge in [-0.25, -0.2) is 13.1 Å². The lowest BCUT2D eigenvalue weighted by molar-refractivity contribution is 0.271. The van der Waals surface area contributed by atoms with Gasteiger partial charge in [0.15, 0.2) is 0 Å². The monoisotopic (exact) mass is 314 g/mol. The van der Waals surface area contributed by atoms with Gasteiger partial charge >= 0.3 is 0 Å². The Bertz CT molecular complexity index is 512. The van der Waals surface area contributed by atoms with E-state index >= 15 is 0 Å². The largest absolute Gasteiger partial charge is 0.392 e. The summed E-state index contributed by atoms with van der Waals surface area (Å²) in [5, 5.41) is 8.95. The molecule has 120 valence electrons. The number of nitrogens with one attached hydrogen (secondary N) is 1. The lowest BCUT2D eigenvalue weighted by Gasteiger charge is -2.20. The van der Waals surface area contributed by atoms with E-state index in [1.807, 2.05) is 7.05 Å². The average molecular weight is 314 g/mol. The van der Waals surface area contributed by atoms with Crippen molar-refractivity contribution in [2.24, 2.45) is 0 Å². The van der Waals surface area contributed by atoms with E-state index in [0.717, 1.165) is 24.1 Å². The smallest absolute Gasteiger partial charge is 0.215 e. The second-order valence-corrected chi connectivity index (χ2v) is 7.36. The molecule has 0 atom stereocenters. The highest BCUT2D eigenvalue weighted by molar-refractivity contribution is 7.88. The van der Waals surface area contributed by atoms with Crippen LogP contribution in [0, 0.1) is 0 Å². The summed E-state index contributed by atoms with van der Waals surface area (Å²) >= 11 is 0. The average Bonchev–Trinajstić information content (AvgIpc) is 2.43. The molecule has 0 fully saturated rings. The molecular formula is C15H26N2O3S. The van der Waals surface area contributed by atoms with Gasteiger partial charge in [-0.3, -0.25) is 0 Å². The lowest BCUT2D eigenvalue weighted by atomic mass is 10.2. The minimum atomic E-state index is -3.30. The predicted molar refractivity (Wildman–Crippen MR) is 85.4 cm³/mol. The molecule has 21 heavy (non-hydrogen) atoms. The number of hydrogen-bond acceptors (Lipinski definition) is 4. The molecule has 0 saturated carbocycles. The van der Waals surface area contributed by atoms with E-state index in [0.29, 0.717) is 12.6 Å². The Hall–Kier alpha value is -0.950. The molecule has 0 aliphatic heterocycles. The Morgan fingerprint density at radius 3 is 2.29 bits per heavy atom. The zero-order valence-corrected chi connectivity index (χ0v) is 13.9. The molecule has 0 amide bonds. The highest BCUT2D eigenvalue weighted by Gasteiger charge is 2.11. The standard InChI is InChI=1S/C15H26N2O3S/c1-13(2)17(3)10-4-9-16-21(19,20)12-15-7-5-14(11-18)6-8-15/h5-8,13,16,18H,4,9-12H2,1-3H3. The number of hydrogen-bond donors (Lipinski definition) is 2. The van der Waals surface area contributed by atoms with Gasteiger partial charge in [-0.05, 0) is 45.0 Å². The molecule has 0 bridgehead atoms. The molecule has 1 rings (SSSR count). The van der Waals surface area contributed by atoms with Crippen LogP contribution in [-0.2, 0) is 22.4 Å². The van der Waals surface area contributed by atoms with Gasteiger partial charge < -0.3 is 10.0 Å². The molecule has 0 aliphatic carbocycles. The van der Waals surface area contributed by atoms with Gasteiger partial charge in [0.05, 0.1) is 12.4 Å². The Morgan fingerprint density at radius 1 is 1.19 bits per heavy atom. The summed E-state index contributed by atoms with van der Waals surface area (Å²) in [5.74, 6) is -0.0290. The predicted octanol–water partition coefficient (Wildman–Crippen LogP) is 1.33. The molecule has 0 saturated heterocycles. The van der Waals surface area contributed by atoms with Crippen molar-refractivity contribution in [2.75, 3.05) is 20.1 Å². The maximum atomic E-state index is 12.0. The van der Waals surface area contributed by atoms with Crippen LogP contribution in [0.3, 0.4) is 0 Å². The first-order chi connectivity index (χ1) is 9.84. The van der Waals surface area contributed by atoms with Crippen LogP contribution in [0.15, 0.2) is 24.3 Å². The van der Waals surface area contributed by atoms with Crippen molar-refractivity contribution >= 4 is 10.0 Å². The molecule has 0 unspecified atom stereocenters. The lowest BCUT2D eigenvalue weighted by Crippen LogP contribution is -2.31. The van der Waals surface area contributed by atoms with Crippen molar-refractivity contribution in [3.63, 3.8) is 0 Å². The number of nitrogens with zero attached hydrogens (tertiary/aromatic N) is 1. The van der Waals surface area contributed by atoms with Gasteiger partial charge in [-0.1, -0.05) is 24.3 Å². The van der Waals surface area contributed by atoms with Crippen LogP contribution in [0.4, 0.5) is 0 Å². The van der Waals surface area contributed by atoms with Gasteiger partial charge in [0.1, 0.15) is 0 Å². The van der Waals surface area contributed by atoms with Crippen LogP contribution >= 0.6 is 0 Å². The minimum Gasteiger partial charge on any atom is -0.392 e. The van der Waals surface area contributed by atoms with Gasteiger partial charge in [0, 0.05) is 12.6 Å². The minimum absolute atomic E-state index is 0.0290. The SMILES string of the molecule is CC(C)N(C)CCCNS(=O)(=O)Cc1ccc(CO)cc1. The third-order valence-electron chi connectivity index (χ3n) is 3.45. The highest BCUT2D eigenvalue weighted by atomic mass is 32.2. The van der Waals surface area contributed by atoms with Gasteiger partial charge in [0.25, 0.3) is 0 Å². The zero-order chi connectivity index (χ0) is 15.9. The fourth-order valence-corrected chi connectivity index (χ4v) is 3.01. The zero-order valence-electron chi connectivity index (χ0n) is 13.0. The fraction of sp³-hybridized carbons (Fsp3) is 0.600. The summed E-state index contributed by atoms with van der Waals surface area (Å²) < 4.78 is 26.5. The van der Waals surface area contributed by atoms with Crippen LogP contribution in [-0.4, -0.2) is 44.6 Å². The third kappa shape index (κ3) is 7.04. The van der Waals surface area contributed by atoms with Crippen molar-refractivity contribution in [1.82, 2.24) is 9.62 Å². The molecule has 0 aromatic heterocycles. The first kappa shape index (κ1) is 18.1. The fourth-order valence-electron chi connectivity index (χ4n) is 1.83. The summed E-state index contributed by atoms with van der Waals surface area (Å²) in [6.45, 7) is 5.51. The van der Waals surface area contributed by atoms with Crippen molar-refractivity contribution < 1.29 is 13.5 Å². The second-order valence-electron chi connectivity index (χ2n) is 5.56. The van der Waals surface area contributed by atoms with Crippen LogP contribution in [0.2, 0.25) is 0 Å². The maximum absolute atomic E-state index is 12.0. The normalized spacial score (nSPS) is 12.3. The Balaban J connectivity index is 2.39. The molecule has 0 spiro atoms. The van der Waals surface area contributed by atoms with E-state index < -0.39 is 10.0 Å². The van der Waals surface area contributed by atoms with E-state index in [1.165, 1.54) is 0 Å². The van der Waals surface area contributed by atoms with E-state index in [4.69, 9.17) is 5.11 Å². The van der Waals surface area contributed by atoms with E-state index in [-0.39, 0.29) is 12.4 Å². The summed E-state index contributed by atoms with van der Waals surface area (Å²) in [6.07, 6.45) is 0.789. The number of sulfonamides is 1. The van der Waals surface area contributed by atoms with E-state index in [1.54, 1.807) is 24.3 Å². The van der Waals surface area contributed by atoms with Gasteiger partial charge in [0.2, 0.25) is 10.0 Å². The third-order valence-corrected chi connectivity index (χ3v) is 4.81. The first-order valence-corrected chi connectivity index (χ1v) is 8.85. The molecule has 1 aromatic carbocycles. The summed E-state index contributed by atoms with van der Waals surface area (Å²) in [7, 11) is -1.27. The molecule has 0 heterocycles. The first-order valence-electron chi connectivity index (χ1n) is 7.20. The van der Waals surface area contributed by atoms with Crippen LogP contribution in [0.25, 0.3) is 0 Å². The van der Waals surface area contributed by atoms with Gasteiger partial charge in [-0.2, -0.15) is 0 Å². The van der Waals surface area contributed by atoms with Crippen molar-refractivity contribution in [2.45, 2.75) is 38.7 Å². The molecule has 5 nitrogen and oxygen atoms in total. The summed E-state index contributed by atoms with van der Waals surface area (Å²) in [6, 6.07) is 7.41. The molecular weight excluding hydrogens is 288 g/mol. The van der Waals surface area contributed by atoms with E-state index in [9.17, 15) is 8.42 Å². The van der Waals surface area contributed by atoms with Crippen molar-refractivity contribution in [3.05, 3.63) is 35.4 Å². The Kier molecular flexibility index (Phi) is 7.31. The highest BCUT2D eigenvalue weighted by Crippen LogP contribution is 2.08. The van der Waals surface area contributed by atoms with Crippen LogP contribution in [0.5, 0.6) is 0 Å². The van der Waals surface area contributed by atoms with Crippen molar-refractivity contribution in [3.8, 4) is 0 Å². The topological polar surface area (TPSA) is 69.6 Å². The molecule has 1 aromatic rings. The number of rotatable bonds is 9. The second kappa shape index (κ2) is 8.48. The maximum Gasteiger partial charge on any atom is 0.215 e.